The third kappa shape index (κ3) is 5.36. The Kier molecular flexibility index (Phi) is 7.55. The maximum absolute atomic E-state index is 11.7. The summed E-state index contributed by atoms with van der Waals surface area (Å²) in [6, 6.07) is 52.9. The second kappa shape index (κ2) is 12.6. The number of benzene rings is 6. The van der Waals surface area contributed by atoms with Gasteiger partial charge in [0.1, 0.15) is 11.6 Å². The van der Waals surface area contributed by atoms with Gasteiger partial charge in [-0.3, -0.25) is 9.55 Å². The number of phenols is 1. The summed E-state index contributed by atoms with van der Waals surface area (Å²) in [6.45, 7) is 0. The number of nitrogens with zero attached hydrogens (tertiary/aromatic N) is 3. The largest absolute Gasteiger partial charge is 0.507 e. The van der Waals surface area contributed by atoms with Crippen molar-refractivity contribution in [1.29, 1.82) is 0 Å². The van der Waals surface area contributed by atoms with Gasteiger partial charge in [-0.2, -0.15) is 0 Å². The minimum Gasteiger partial charge on any atom is -0.507 e. The van der Waals surface area contributed by atoms with Gasteiger partial charge in [-0.15, -0.1) is 0 Å². The summed E-state index contributed by atoms with van der Waals surface area (Å²) < 4.78 is 2.19. The number of rotatable bonds is 6. The van der Waals surface area contributed by atoms with Crippen molar-refractivity contribution in [2.75, 3.05) is 0 Å². The van der Waals surface area contributed by atoms with Crippen LogP contribution in [0.25, 0.3) is 72.7 Å². The molecule has 0 unspecified atom stereocenters. The first kappa shape index (κ1) is 29.8. The molecule has 4 heteroatoms. The van der Waals surface area contributed by atoms with E-state index in [-0.39, 0.29) is 0 Å². The monoisotopic (exact) mass is 645 g/mol. The van der Waals surface area contributed by atoms with E-state index in [9.17, 15) is 5.11 Å². The zero-order valence-electron chi connectivity index (χ0n) is 27.6. The Bertz CT molecular complexity index is 2480. The molecule has 0 saturated heterocycles. The number of pyridine rings is 1. The van der Waals surface area contributed by atoms with Crippen LogP contribution in [-0.4, -0.2) is 19.6 Å². The SMILES string of the molecule is Oc1c(-c2nc3c(-c4cc(-c5ccccc5)cc(-c5cc(-c6ccccc6)ccn5)c4)cccc3n2-c2ccccc2)ccc2c1CCCC2. The van der Waals surface area contributed by atoms with E-state index in [0.29, 0.717) is 5.75 Å². The van der Waals surface area contributed by atoms with E-state index in [2.05, 4.69) is 126 Å². The van der Waals surface area contributed by atoms with E-state index in [4.69, 9.17) is 9.97 Å². The Morgan fingerprint density at radius 1 is 0.520 bits per heavy atom. The Hall–Kier alpha value is -6.26. The summed E-state index contributed by atoms with van der Waals surface area (Å²) in [5.41, 5.74) is 14.5. The van der Waals surface area contributed by atoms with Crippen molar-refractivity contribution in [3.63, 3.8) is 0 Å². The molecule has 240 valence electrons. The molecule has 0 saturated carbocycles. The average molecular weight is 646 g/mol. The molecule has 1 aliphatic rings. The highest BCUT2D eigenvalue weighted by Gasteiger charge is 2.23. The molecule has 0 amide bonds. The van der Waals surface area contributed by atoms with Crippen LogP contribution in [-0.2, 0) is 12.8 Å². The molecule has 8 aromatic rings. The Morgan fingerprint density at radius 2 is 1.20 bits per heavy atom. The summed E-state index contributed by atoms with van der Waals surface area (Å²) in [6.07, 6.45) is 6.04. The number of aromatic nitrogens is 3. The third-order valence-electron chi connectivity index (χ3n) is 9.96. The molecule has 0 atom stereocenters. The molecule has 0 aliphatic heterocycles. The van der Waals surface area contributed by atoms with Crippen LogP contribution in [0.3, 0.4) is 0 Å². The lowest BCUT2D eigenvalue weighted by molar-refractivity contribution is 0.463. The molecule has 2 aromatic heterocycles. The van der Waals surface area contributed by atoms with Crippen LogP contribution in [0.5, 0.6) is 5.75 Å². The molecule has 1 N–H and O–H groups in total. The van der Waals surface area contributed by atoms with Crippen molar-refractivity contribution in [3.8, 4) is 67.5 Å². The Morgan fingerprint density at radius 3 is 1.98 bits per heavy atom. The molecule has 4 nitrogen and oxygen atoms in total. The van der Waals surface area contributed by atoms with Crippen molar-refractivity contribution in [3.05, 3.63) is 169 Å². The van der Waals surface area contributed by atoms with Gasteiger partial charge in [0.15, 0.2) is 0 Å². The third-order valence-corrected chi connectivity index (χ3v) is 9.96. The minimum absolute atomic E-state index is 0.356. The molecular formula is C46H35N3O. The lowest BCUT2D eigenvalue weighted by Crippen LogP contribution is -2.04. The Balaban J connectivity index is 1.27. The van der Waals surface area contributed by atoms with Gasteiger partial charge < -0.3 is 5.11 Å². The van der Waals surface area contributed by atoms with Gasteiger partial charge >= 0.3 is 0 Å². The zero-order valence-corrected chi connectivity index (χ0v) is 27.6. The fourth-order valence-electron chi connectivity index (χ4n) is 7.47. The van der Waals surface area contributed by atoms with Crippen LogP contribution in [0, 0.1) is 0 Å². The van der Waals surface area contributed by atoms with Crippen LogP contribution < -0.4 is 0 Å². The highest BCUT2D eigenvalue weighted by Crippen LogP contribution is 2.42. The minimum atomic E-state index is 0.356. The van der Waals surface area contributed by atoms with Crippen molar-refractivity contribution >= 4 is 11.0 Å². The first-order chi connectivity index (χ1) is 24.7. The fourth-order valence-corrected chi connectivity index (χ4v) is 7.47. The van der Waals surface area contributed by atoms with Gasteiger partial charge in [0.05, 0.1) is 22.3 Å². The zero-order chi connectivity index (χ0) is 33.4. The van der Waals surface area contributed by atoms with Gasteiger partial charge in [-0.05, 0) is 119 Å². The van der Waals surface area contributed by atoms with E-state index >= 15 is 0 Å². The van der Waals surface area contributed by atoms with Crippen LogP contribution in [0.15, 0.2) is 158 Å². The standard InChI is InChI=1S/C46H35N3O/c50-45-40-20-11-10-17-33(40)23-24-41(45)46-48-44-39(21-12-22-43(44)49(46)38-18-8-3-9-19-38)36-27-35(32-15-6-2-7-16-32)28-37(29-36)42-30-34(25-26-47-42)31-13-4-1-5-14-31/h1-9,12-16,18-19,21-30,50H,10-11,17,20H2. The number of aryl methyl sites for hydroxylation is 1. The van der Waals surface area contributed by atoms with Crippen molar-refractivity contribution in [2.24, 2.45) is 0 Å². The first-order valence-corrected chi connectivity index (χ1v) is 17.3. The van der Waals surface area contributed by atoms with Crippen molar-refractivity contribution < 1.29 is 5.11 Å². The summed E-state index contributed by atoms with van der Waals surface area (Å²) in [5, 5.41) is 11.7. The highest BCUT2D eigenvalue weighted by molar-refractivity contribution is 5.97. The maximum Gasteiger partial charge on any atom is 0.149 e. The smallest absolute Gasteiger partial charge is 0.149 e. The molecule has 6 aromatic carbocycles. The molecule has 0 radical (unpaired) electrons. The lowest BCUT2D eigenvalue weighted by Gasteiger charge is -2.19. The predicted molar refractivity (Wildman–Crippen MR) is 204 cm³/mol. The van der Waals surface area contributed by atoms with Gasteiger partial charge in [0, 0.05) is 23.0 Å². The number of hydrogen-bond donors (Lipinski definition) is 1. The van der Waals surface area contributed by atoms with E-state index < -0.39 is 0 Å². The topological polar surface area (TPSA) is 50.9 Å². The van der Waals surface area contributed by atoms with Crippen LogP contribution in [0.1, 0.15) is 24.0 Å². The Labute approximate surface area is 292 Å². The summed E-state index contributed by atoms with van der Waals surface area (Å²) >= 11 is 0. The van der Waals surface area contributed by atoms with Crippen LogP contribution >= 0.6 is 0 Å². The number of phenolic OH excluding ortho intramolecular Hbond substituents is 1. The molecule has 0 fully saturated rings. The molecule has 9 rings (SSSR count). The van der Waals surface area contributed by atoms with E-state index in [1.54, 1.807) is 0 Å². The van der Waals surface area contributed by atoms with E-state index in [1.807, 2.05) is 36.5 Å². The van der Waals surface area contributed by atoms with Gasteiger partial charge in [-0.1, -0.05) is 97.1 Å². The number of imidazole rings is 1. The summed E-state index contributed by atoms with van der Waals surface area (Å²) in [7, 11) is 0. The number of hydrogen-bond acceptors (Lipinski definition) is 3. The second-order valence-corrected chi connectivity index (χ2v) is 13.0. The first-order valence-electron chi connectivity index (χ1n) is 17.3. The van der Waals surface area contributed by atoms with Gasteiger partial charge in [-0.25, -0.2) is 4.98 Å². The molecule has 1 aliphatic carbocycles. The van der Waals surface area contributed by atoms with Gasteiger partial charge in [0.25, 0.3) is 0 Å². The van der Waals surface area contributed by atoms with Crippen molar-refractivity contribution in [1.82, 2.24) is 14.5 Å². The molecular weight excluding hydrogens is 611 g/mol. The molecule has 50 heavy (non-hydrogen) atoms. The van der Waals surface area contributed by atoms with Gasteiger partial charge in [0.2, 0.25) is 0 Å². The summed E-state index contributed by atoms with van der Waals surface area (Å²) in [4.78, 5) is 10.3. The highest BCUT2D eigenvalue weighted by atomic mass is 16.3. The average Bonchev–Trinajstić information content (AvgIpc) is 3.59. The predicted octanol–water partition coefficient (Wildman–Crippen LogP) is 11.3. The van der Waals surface area contributed by atoms with E-state index in [1.165, 1.54) is 5.56 Å². The van der Waals surface area contributed by atoms with Crippen molar-refractivity contribution in [2.45, 2.75) is 25.7 Å². The number of fused-ring (bicyclic) bond motifs is 2. The fraction of sp³-hybridized carbons (Fsp3) is 0.0870. The lowest BCUT2D eigenvalue weighted by atomic mass is 9.89. The quantitative estimate of drug-likeness (QED) is 0.196. The van der Waals surface area contributed by atoms with Crippen LogP contribution in [0.2, 0.25) is 0 Å². The maximum atomic E-state index is 11.7. The number of aromatic hydroxyl groups is 1. The van der Waals surface area contributed by atoms with E-state index in [0.717, 1.165) is 104 Å². The second-order valence-electron chi connectivity index (χ2n) is 13.0. The molecule has 2 heterocycles. The molecule has 0 bridgehead atoms. The normalized spacial score (nSPS) is 12.6. The summed E-state index contributed by atoms with van der Waals surface area (Å²) in [5.74, 6) is 1.09. The van der Waals surface area contributed by atoms with Crippen LogP contribution in [0.4, 0.5) is 0 Å². The number of para-hydroxylation sites is 2. The molecule has 0 spiro atoms.